The molecule has 0 heterocycles. The number of hydrogen-bond donors (Lipinski definition) is 3. The predicted octanol–water partition coefficient (Wildman–Crippen LogP) is 2.00. The summed E-state index contributed by atoms with van der Waals surface area (Å²) in [6.45, 7) is 0. The van der Waals surface area contributed by atoms with E-state index in [1.54, 1.807) is 24.3 Å². The number of phenols is 1. The number of aromatic hydroxyl groups is 1. The molecule has 0 radical (unpaired) electrons. The van der Waals surface area contributed by atoms with Crippen LogP contribution in [0.5, 0.6) is 5.75 Å². The first kappa shape index (κ1) is 13.1. The second kappa shape index (κ2) is 5.56. The SMILES string of the molecule is O=C(O)[C@H]1CC=CC[C@@H]1C(=O)Nc1ccccc1O. The number of allylic oxidation sites excluding steroid dienone is 2. The molecule has 3 N–H and O–H groups in total. The molecule has 5 nitrogen and oxygen atoms in total. The molecule has 100 valence electrons. The van der Waals surface area contributed by atoms with E-state index < -0.39 is 17.8 Å². The van der Waals surface area contributed by atoms with Crippen LogP contribution in [0.2, 0.25) is 0 Å². The van der Waals surface area contributed by atoms with Gasteiger partial charge in [0.2, 0.25) is 5.91 Å². The maximum atomic E-state index is 12.1. The topological polar surface area (TPSA) is 86.6 Å². The van der Waals surface area contributed by atoms with Gasteiger partial charge in [0.15, 0.2) is 0 Å². The summed E-state index contributed by atoms with van der Waals surface area (Å²) < 4.78 is 0. The van der Waals surface area contributed by atoms with Crippen molar-refractivity contribution in [2.75, 3.05) is 5.32 Å². The molecule has 1 amide bonds. The molecule has 0 spiro atoms. The number of aliphatic carboxylic acids is 1. The molecule has 0 fully saturated rings. The molecule has 2 rings (SSSR count). The molecule has 0 saturated heterocycles. The van der Waals surface area contributed by atoms with Gasteiger partial charge in [0.1, 0.15) is 5.75 Å². The smallest absolute Gasteiger partial charge is 0.307 e. The van der Waals surface area contributed by atoms with Crippen LogP contribution in [-0.2, 0) is 9.59 Å². The number of anilines is 1. The van der Waals surface area contributed by atoms with Crippen molar-refractivity contribution < 1.29 is 19.8 Å². The summed E-state index contributed by atoms with van der Waals surface area (Å²) in [5.41, 5.74) is 0.297. The van der Waals surface area contributed by atoms with E-state index in [1.807, 2.05) is 6.08 Å². The molecule has 1 aromatic carbocycles. The highest BCUT2D eigenvalue weighted by Crippen LogP contribution is 2.29. The van der Waals surface area contributed by atoms with Crippen LogP contribution >= 0.6 is 0 Å². The molecule has 0 unspecified atom stereocenters. The lowest BCUT2D eigenvalue weighted by atomic mass is 9.82. The fourth-order valence-corrected chi connectivity index (χ4v) is 2.18. The number of phenolic OH excluding ortho intramolecular Hbond substituents is 1. The lowest BCUT2D eigenvalue weighted by Crippen LogP contribution is -2.34. The second-order valence-electron chi connectivity index (χ2n) is 4.50. The Morgan fingerprint density at radius 2 is 1.74 bits per heavy atom. The Morgan fingerprint density at radius 1 is 1.11 bits per heavy atom. The van der Waals surface area contributed by atoms with Crippen LogP contribution in [0.15, 0.2) is 36.4 Å². The van der Waals surface area contributed by atoms with Gasteiger partial charge in [-0.25, -0.2) is 0 Å². The first-order valence-electron chi connectivity index (χ1n) is 6.06. The van der Waals surface area contributed by atoms with Crippen LogP contribution in [0.4, 0.5) is 5.69 Å². The van der Waals surface area contributed by atoms with Crippen LogP contribution in [-0.4, -0.2) is 22.1 Å². The van der Waals surface area contributed by atoms with E-state index in [4.69, 9.17) is 5.11 Å². The van der Waals surface area contributed by atoms with Gasteiger partial charge in [0.25, 0.3) is 0 Å². The monoisotopic (exact) mass is 261 g/mol. The molecule has 1 aliphatic rings. The lowest BCUT2D eigenvalue weighted by molar-refractivity contribution is -0.146. The number of benzene rings is 1. The maximum Gasteiger partial charge on any atom is 0.307 e. The van der Waals surface area contributed by atoms with Gasteiger partial charge in [-0.2, -0.15) is 0 Å². The van der Waals surface area contributed by atoms with E-state index in [0.29, 0.717) is 18.5 Å². The summed E-state index contributed by atoms with van der Waals surface area (Å²) in [4.78, 5) is 23.2. The average Bonchev–Trinajstić information content (AvgIpc) is 2.41. The van der Waals surface area contributed by atoms with Crippen molar-refractivity contribution in [3.05, 3.63) is 36.4 Å². The van der Waals surface area contributed by atoms with Crippen LogP contribution in [0.3, 0.4) is 0 Å². The summed E-state index contributed by atoms with van der Waals surface area (Å²) in [7, 11) is 0. The van der Waals surface area contributed by atoms with Gasteiger partial charge in [0, 0.05) is 0 Å². The normalized spacial score (nSPS) is 21.9. The van der Waals surface area contributed by atoms with Gasteiger partial charge in [-0.1, -0.05) is 24.3 Å². The van der Waals surface area contributed by atoms with Crippen LogP contribution in [0.25, 0.3) is 0 Å². The largest absolute Gasteiger partial charge is 0.506 e. The van der Waals surface area contributed by atoms with Crippen molar-refractivity contribution in [3.63, 3.8) is 0 Å². The predicted molar refractivity (Wildman–Crippen MR) is 69.7 cm³/mol. The molecule has 5 heteroatoms. The number of amides is 1. The van der Waals surface area contributed by atoms with Crippen LogP contribution < -0.4 is 5.32 Å². The van der Waals surface area contributed by atoms with Gasteiger partial charge < -0.3 is 15.5 Å². The number of nitrogens with one attached hydrogen (secondary N) is 1. The van der Waals surface area contributed by atoms with Gasteiger partial charge in [-0.15, -0.1) is 0 Å². The van der Waals surface area contributed by atoms with Gasteiger partial charge >= 0.3 is 5.97 Å². The highest BCUT2D eigenvalue weighted by atomic mass is 16.4. The van der Waals surface area contributed by atoms with Crippen molar-refractivity contribution in [3.8, 4) is 5.75 Å². The molecular weight excluding hydrogens is 246 g/mol. The Balaban J connectivity index is 2.13. The van der Waals surface area contributed by atoms with Gasteiger partial charge in [0.05, 0.1) is 17.5 Å². The van der Waals surface area contributed by atoms with Crippen molar-refractivity contribution >= 4 is 17.6 Å². The molecule has 0 saturated carbocycles. The first-order valence-corrected chi connectivity index (χ1v) is 6.06. The zero-order valence-electron chi connectivity index (χ0n) is 10.2. The number of hydrogen-bond acceptors (Lipinski definition) is 3. The van der Waals surface area contributed by atoms with E-state index in [9.17, 15) is 14.7 Å². The molecule has 19 heavy (non-hydrogen) atoms. The van der Waals surface area contributed by atoms with E-state index >= 15 is 0 Å². The van der Waals surface area contributed by atoms with Gasteiger partial charge in [-0.05, 0) is 25.0 Å². The molecule has 0 aliphatic heterocycles. The summed E-state index contributed by atoms with van der Waals surface area (Å²) in [6.07, 6.45) is 4.35. The minimum absolute atomic E-state index is 0.0333. The summed E-state index contributed by atoms with van der Waals surface area (Å²) in [5, 5.41) is 21.3. The quantitative estimate of drug-likeness (QED) is 0.573. The standard InChI is InChI=1S/C14H15NO4/c16-12-8-4-3-7-11(12)15-13(17)9-5-1-2-6-10(9)14(18)19/h1-4,7-10,16H,5-6H2,(H,15,17)(H,18,19)/t9-,10-/m0/s1. The molecule has 1 aliphatic carbocycles. The molecular formula is C14H15NO4. The third-order valence-corrected chi connectivity index (χ3v) is 3.25. The number of carbonyl (C=O) groups excluding carboxylic acids is 1. The second-order valence-corrected chi connectivity index (χ2v) is 4.50. The lowest BCUT2D eigenvalue weighted by Gasteiger charge is -2.24. The van der Waals surface area contributed by atoms with Crippen molar-refractivity contribution in [1.29, 1.82) is 0 Å². The number of carbonyl (C=O) groups is 2. The minimum Gasteiger partial charge on any atom is -0.506 e. The highest BCUT2D eigenvalue weighted by molar-refractivity contribution is 5.96. The zero-order valence-corrected chi connectivity index (χ0v) is 10.2. The zero-order chi connectivity index (χ0) is 13.8. The summed E-state index contributed by atoms with van der Waals surface area (Å²) in [6, 6.07) is 6.37. The van der Waals surface area contributed by atoms with Crippen molar-refractivity contribution in [1.82, 2.24) is 0 Å². The van der Waals surface area contributed by atoms with Crippen LogP contribution in [0.1, 0.15) is 12.8 Å². The molecule has 0 aromatic heterocycles. The number of carboxylic acid groups (broad SMARTS) is 1. The van der Waals surface area contributed by atoms with E-state index in [-0.39, 0.29) is 11.7 Å². The third kappa shape index (κ3) is 2.93. The van der Waals surface area contributed by atoms with E-state index in [1.165, 1.54) is 6.07 Å². The first-order chi connectivity index (χ1) is 9.09. The van der Waals surface area contributed by atoms with E-state index in [0.717, 1.165) is 0 Å². The average molecular weight is 261 g/mol. The molecule has 2 atom stereocenters. The summed E-state index contributed by atoms with van der Waals surface area (Å²) in [5.74, 6) is -2.70. The third-order valence-electron chi connectivity index (χ3n) is 3.25. The number of carboxylic acids is 1. The van der Waals surface area contributed by atoms with Gasteiger partial charge in [-0.3, -0.25) is 9.59 Å². The number of para-hydroxylation sites is 2. The summed E-state index contributed by atoms with van der Waals surface area (Å²) >= 11 is 0. The Kier molecular flexibility index (Phi) is 3.85. The van der Waals surface area contributed by atoms with Crippen molar-refractivity contribution in [2.24, 2.45) is 11.8 Å². The maximum absolute atomic E-state index is 12.1. The van der Waals surface area contributed by atoms with Crippen LogP contribution in [0, 0.1) is 11.8 Å². The Hall–Kier alpha value is -2.30. The molecule has 1 aromatic rings. The Bertz CT molecular complexity index is 524. The van der Waals surface area contributed by atoms with E-state index in [2.05, 4.69) is 5.32 Å². The molecule has 0 bridgehead atoms. The fraction of sp³-hybridized carbons (Fsp3) is 0.286. The Morgan fingerprint density at radius 3 is 2.37 bits per heavy atom. The highest BCUT2D eigenvalue weighted by Gasteiger charge is 2.34. The Labute approximate surface area is 110 Å². The fourth-order valence-electron chi connectivity index (χ4n) is 2.18. The van der Waals surface area contributed by atoms with Crippen molar-refractivity contribution in [2.45, 2.75) is 12.8 Å². The number of rotatable bonds is 3. The minimum atomic E-state index is -0.971.